The lowest BCUT2D eigenvalue weighted by molar-refractivity contribution is 0.669. The van der Waals surface area contributed by atoms with E-state index in [1.165, 1.54) is 44.2 Å². The number of fused-ring (bicyclic) bond motifs is 4. The summed E-state index contributed by atoms with van der Waals surface area (Å²) in [5, 5.41) is 4.68. The molecule has 0 aliphatic carbocycles. The van der Waals surface area contributed by atoms with Crippen LogP contribution in [0.25, 0.3) is 77.2 Å². The number of hydrogen-bond acceptors (Lipinski definition) is 2. The van der Waals surface area contributed by atoms with Gasteiger partial charge >= 0.3 is 0 Å². The molecule has 10 rings (SSSR count). The zero-order valence-electron chi connectivity index (χ0n) is 29.6. The van der Waals surface area contributed by atoms with Gasteiger partial charge in [-0.15, -0.1) is 0 Å². The van der Waals surface area contributed by atoms with Crippen LogP contribution in [-0.4, -0.2) is 0 Å². The quantitative estimate of drug-likeness (QED) is 0.166. The second-order valence-corrected chi connectivity index (χ2v) is 13.7. The van der Waals surface area contributed by atoms with E-state index in [1.54, 1.807) is 0 Å². The Balaban J connectivity index is 1.12. The van der Waals surface area contributed by atoms with Gasteiger partial charge in [-0.3, -0.25) is 0 Å². The third kappa shape index (κ3) is 5.62. The lowest BCUT2D eigenvalue weighted by Crippen LogP contribution is -2.10. The van der Waals surface area contributed by atoms with Crippen LogP contribution in [0.1, 0.15) is 0 Å². The highest BCUT2D eigenvalue weighted by molar-refractivity contribution is 6.10. The average molecular weight is 690 g/mol. The van der Waals surface area contributed by atoms with E-state index in [0.717, 1.165) is 50.1 Å². The molecule has 0 aliphatic heterocycles. The molecular weight excluding hydrogens is 655 g/mol. The highest BCUT2D eigenvalue weighted by atomic mass is 16.3. The van der Waals surface area contributed by atoms with Gasteiger partial charge in [-0.25, -0.2) is 0 Å². The number of anilines is 3. The Hall–Kier alpha value is -7.16. The second kappa shape index (κ2) is 13.4. The Morgan fingerprint density at radius 2 is 0.926 bits per heavy atom. The van der Waals surface area contributed by atoms with Crippen molar-refractivity contribution in [3.63, 3.8) is 0 Å². The summed E-state index contributed by atoms with van der Waals surface area (Å²) in [5.74, 6) is 0. The first-order valence-corrected chi connectivity index (χ1v) is 18.4. The molecule has 2 nitrogen and oxygen atoms in total. The standard InChI is InChI=1S/C52H35NO/c1-3-14-37(15-4-1)46-33-30-40(35-49(46)39-16-5-2-6-17-39)36-28-31-42(32-29-36)53(50-26-13-25-48-47-23-9-10-27-51(47)54-52(48)50)43-21-11-20-41(34-43)45-24-12-19-38-18-7-8-22-44(38)45/h1-35H. The van der Waals surface area contributed by atoms with Crippen LogP contribution in [0.3, 0.4) is 0 Å². The predicted octanol–water partition coefficient (Wildman–Crippen LogP) is 14.9. The van der Waals surface area contributed by atoms with Crippen molar-refractivity contribution >= 4 is 49.8 Å². The molecule has 0 spiro atoms. The van der Waals surface area contributed by atoms with Crippen molar-refractivity contribution in [2.45, 2.75) is 0 Å². The Morgan fingerprint density at radius 3 is 1.74 bits per heavy atom. The molecular formula is C52H35NO. The van der Waals surface area contributed by atoms with E-state index in [4.69, 9.17) is 4.42 Å². The molecule has 0 saturated carbocycles. The third-order valence-electron chi connectivity index (χ3n) is 10.5. The molecule has 9 aromatic carbocycles. The minimum atomic E-state index is 0.863. The summed E-state index contributed by atoms with van der Waals surface area (Å²) in [6, 6.07) is 75.8. The van der Waals surface area contributed by atoms with Crippen LogP contribution in [0.15, 0.2) is 217 Å². The van der Waals surface area contributed by atoms with E-state index in [9.17, 15) is 0 Å². The first-order chi connectivity index (χ1) is 26.8. The zero-order chi connectivity index (χ0) is 35.8. The molecule has 2 heteroatoms. The van der Waals surface area contributed by atoms with Gasteiger partial charge in [-0.2, -0.15) is 0 Å². The number of para-hydroxylation sites is 2. The van der Waals surface area contributed by atoms with Gasteiger partial charge in [0.2, 0.25) is 0 Å². The van der Waals surface area contributed by atoms with E-state index >= 15 is 0 Å². The molecule has 254 valence electrons. The van der Waals surface area contributed by atoms with E-state index in [-0.39, 0.29) is 0 Å². The molecule has 0 atom stereocenters. The predicted molar refractivity (Wildman–Crippen MR) is 228 cm³/mol. The fraction of sp³-hybridized carbons (Fsp3) is 0. The van der Waals surface area contributed by atoms with Gasteiger partial charge in [-0.05, 0) is 97.7 Å². The van der Waals surface area contributed by atoms with Crippen molar-refractivity contribution in [1.82, 2.24) is 0 Å². The summed E-state index contributed by atoms with van der Waals surface area (Å²) >= 11 is 0. The normalized spacial score (nSPS) is 11.3. The summed E-state index contributed by atoms with van der Waals surface area (Å²) in [6.45, 7) is 0. The van der Waals surface area contributed by atoms with Crippen LogP contribution in [0.4, 0.5) is 17.1 Å². The van der Waals surface area contributed by atoms with Crippen molar-refractivity contribution in [1.29, 1.82) is 0 Å². The van der Waals surface area contributed by atoms with Crippen molar-refractivity contribution in [3.8, 4) is 44.5 Å². The first-order valence-electron chi connectivity index (χ1n) is 18.4. The van der Waals surface area contributed by atoms with Crippen molar-refractivity contribution in [3.05, 3.63) is 212 Å². The minimum Gasteiger partial charge on any atom is -0.454 e. The lowest BCUT2D eigenvalue weighted by Gasteiger charge is -2.26. The van der Waals surface area contributed by atoms with Crippen LogP contribution < -0.4 is 4.90 Å². The van der Waals surface area contributed by atoms with Crippen LogP contribution in [0, 0.1) is 0 Å². The number of hydrogen-bond donors (Lipinski definition) is 0. The Labute approximate surface area is 314 Å². The Morgan fingerprint density at radius 1 is 0.315 bits per heavy atom. The number of nitrogens with zero attached hydrogens (tertiary/aromatic N) is 1. The van der Waals surface area contributed by atoms with E-state index < -0.39 is 0 Å². The molecule has 0 unspecified atom stereocenters. The molecule has 0 bridgehead atoms. The smallest absolute Gasteiger partial charge is 0.159 e. The molecule has 0 amide bonds. The summed E-state index contributed by atoms with van der Waals surface area (Å²) in [4.78, 5) is 2.33. The molecule has 54 heavy (non-hydrogen) atoms. The molecule has 1 heterocycles. The maximum absolute atomic E-state index is 6.63. The summed E-state index contributed by atoms with van der Waals surface area (Å²) in [6.07, 6.45) is 0. The monoisotopic (exact) mass is 689 g/mol. The number of benzene rings is 9. The Kier molecular flexibility index (Phi) is 7.85. The van der Waals surface area contributed by atoms with Gasteiger partial charge in [0.15, 0.2) is 5.58 Å². The fourth-order valence-electron chi connectivity index (χ4n) is 7.88. The highest BCUT2D eigenvalue weighted by Crippen LogP contribution is 2.44. The first kappa shape index (κ1) is 31.6. The fourth-order valence-corrected chi connectivity index (χ4v) is 7.88. The van der Waals surface area contributed by atoms with E-state index in [2.05, 4.69) is 205 Å². The number of rotatable bonds is 7. The molecule has 1 aromatic heterocycles. The van der Waals surface area contributed by atoms with E-state index in [1.807, 2.05) is 12.1 Å². The SMILES string of the molecule is c1ccc(-c2ccc(-c3ccc(N(c4cccc(-c5cccc6ccccc56)c4)c4cccc5c4oc4ccccc45)cc3)cc2-c2ccccc2)cc1. The zero-order valence-corrected chi connectivity index (χ0v) is 29.6. The van der Waals surface area contributed by atoms with Crippen molar-refractivity contribution in [2.75, 3.05) is 4.90 Å². The minimum absolute atomic E-state index is 0.863. The molecule has 0 aliphatic rings. The van der Waals surface area contributed by atoms with Crippen LogP contribution in [0.2, 0.25) is 0 Å². The maximum Gasteiger partial charge on any atom is 0.159 e. The maximum atomic E-state index is 6.63. The van der Waals surface area contributed by atoms with E-state index in [0.29, 0.717) is 0 Å². The van der Waals surface area contributed by atoms with Crippen LogP contribution in [-0.2, 0) is 0 Å². The summed E-state index contributed by atoms with van der Waals surface area (Å²) < 4.78 is 6.63. The van der Waals surface area contributed by atoms with Gasteiger partial charge in [0.05, 0.1) is 5.69 Å². The topological polar surface area (TPSA) is 16.4 Å². The van der Waals surface area contributed by atoms with Crippen molar-refractivity contribution in [2.24, 2.45) is 0 Å². The largest absolute Gasteiger partial charge is 0.454 e. The van der Waals surface area contributed by atoms with Gasteiger partial charge < -0.3 is 9.32 Å². The lowest BCUT2D eigenvalue weighted by atomic mass is 9.91. The molecule has 0 N–H and O–H groups in total. The number of furan rings is 1. The molecule has 0 fully saturated rings. The Bertz CT molecular complexity index is 2920. The highest BCUT2D eigenvalue weighted by Gasteiger charge is 2.20. The van der Waals surface area contributed by atoms with Gasteiger partial charge in [0.1, 0.15) is 5.58 Å². The van der Waals surface area contributed by atoms with Gasteiger partial charge in [0.25, 0.3) is 0 Å². The summed E-state index contributed by atoms with van der Waals surface area (Å²) in [5.41, 5.74) is 14.4. The molecule has 0 radical (unpaired) electrons. The molecule has 10 aromatic rings. The van der Waals surface area contributed by atoms with Crippen LogP contribution in [0.5, 0.6) is 0 Å². The van der Waals surface area contributed by atoms with Crippen LogP contribution >= 0.6 is 0 Å². The van der Waals surface area contributed by atoms with Gasteiger partial charge in [-0.1, -0.05) is 170 Å². The van der Waals surface area contributed by atoms with Crippen molar-refractivity contribution < 1.29 is 4.42 Å². The third-order valence-corrected chi connectivity index (χ3v) is 10.5. The average Bonchev–Trinajstić information content (AvgIpc) is 3.64. The second-order valence-electron chi connectivity index (χ2n) is 13.7. The molecule has 0 saturated heterocycles. The van der Waals surface area contributed by atoms with Gasteiger partial charge in [0, 0.05) is 22.1 Å². The summed E-state index contributed by atoms with van der Waals surface area (Å²) in [7, 11) is 0.